The molecule has 0 atom stereocenters. The van der Waals surface area contributed by atoms with Gasteiger partial charge in [-0.3, -0.25) is 4.79 Å². The van der Waals surface area contributed by atoms with E-state index in [9.17, 15) is 9.90 Å². The van der Waals surface area contributed by atoms with Crippen LogP contribution < -0.4 is 9.79 Å². The molecule has 0 aliphatic carbocycles. The molecule has 5 nitrogen and oxygen atoms in total. The number of thioether (sulfide) groups is 1. The molecule has 0 spiro atoms. The summed E-state index contributed by atoms with van der Waals surface area (Å²) >= 11 is 7.08. The summed E-state index contributed by atoms with van der Waals surface area (Å²) in [5, 5.41) is 15.3. The highest BCUT2D eigenvalue weighted by atomic mass is 35.5. The molecule has 1 aromatic carbocycles. The molecule has 0 saturated heterocycles. The monoisotopic (exact) mass is 284 g/mol. The van der Waals surface area contributed by atoms with E-state index in [4.69, 9.17) is 11.6 Å². The smallest absolute Gasteiger partial charge is 0.300 e. The van der Waals surface area contributed by atoms with Crippen molar-refractivity contribution >= 4 is 29.1 Å². The van der Waals surface area contributed by atoms with Gasteiger partial charge in [-0.05, 0) is 24.3 Å². The second-order valence-electron chi connectivity index (χ2n) is 3.50. The van der Waals surface area contributed by atoms with E-state index in [2.05, 4.69) is 9.79 Å². The lowest BCUT2D eigenvalue weighted by Crippen LogP contribution is -2.37. The van der Waals surface area contributed by atoms with E-state index < -0.39 is 5.95 Å². The Labute approximate surface area is 112 Å². The molecule has 0 aliphatic rings. The van der Waals surface area contributed by atoms with E-state index in [0.29, 0.717) is 5.02 Å². The largest absolute Gasteiger partial charge is 0.539 e. The number of ketones is 1. The minimum absolute atomic E-state index is 0.0449. The highest BCUT2D eigenvalue weighted by Gasteiger charge is 2.22. The van der Waals surface area contributed by atoms with Crippen LogP contribution in [0.1, 0.15) is 10.5 Å². The first-order valence-electron chi connectivity index (χ1n) is 5.02. The summed E-state index contributed by atoms with van der Waals surface area (Å²) in [5.41, 5.74) is -0.0449. The highest BCUT2D eigenvalue weighted by molar-refractivity contribution is 8.00. The zero-order valence-corrected chi connectivity index (χ0v) is 11.0. The van der Waals surface area contributed by atoms with Crippen LogP contribution in [0, 0.1) is 0 Å². The van der Waals surface area contributed by atoms with E-state index in [0.717, 1.165) is 9.58 Å². The molecule has 0 unspecified atom stereocenters. The van der Waals surface area contributed by atoms with Crippen LogP contribution in [0.4, 0.5) is 0 Å². The van der Waals surface area contributed by atoms with Gasteiger partial charge in [-0.25, -0.2) is 0 Å². The molecule has 0 radical (unpaired) electrons. The Bertz CT molecular complexity index is 549. The molecule has 0 amide bonds. The molecular formula is C11H9ClN2O3S. The first-order valence-corrected chi connectivity index (χ1v) is 6.39. The van der Waals surface area contributed by atoms with Gasteiger partial charge in [0.1, 0.15) is 0 Å². The van der Waals surface area contributed by atoms with E-state index in [1.807, 2.05) is 12.1 Å². The first-order chi connectivity index (χ1) is 8.58. The Morgan fingerprint density at radius 3 is 2.72 bits per heavy atom. The Hall–Kier alpha value is -1.53. The second kappa shape index (κ2) is 5.41. The Kier molecular flexibility index (Phi) is 3.88. The Morgan fingerprint density at radius 1 is 1.50 bits per heavy atom. The van der Waals surface area contributed by atoms with Crippen LogP contribution in [0.2, 0.25) is 5.02 Å². The standard InChI is InChI=1S/C11H9ClN2O3S/c1-14-10(11(16)17-13-14)9(15)6-18-8-4-2-7(12)3-5-8/h2-5H,6H2,1H3. The zero-order chi connectivity index (χ0) is 13.1. The summed E-state index contributed by atoms with van der Waals surface area (Å²) in [6, 6.07) is 7.11. The minimum atomic E-state index is -0.709. The maximum absolute atomic E-state index is 11.8. The van der Waals surface area contributed by atoms with Crippen molar-refractivity contribution in [3.05, 3.63) is 35.0 Å². The lowest BCUT2D eigenvalue weighted by atomic mass is 10.3. The second-order valence-corrected chi connectivity index (χ2v) is 4.98. The van der Waals surface area contributed by atoms with Gasteiger partial charge in [-0.15, -0.1) is 11.8 Å². The number of carbonyl (C=O) groups excluding carboxylic acids is 1. The number of hydrogen-bond donors (Lipinski definition) is 0. The fourth-order valence-electron chi connectivity index (χ4n) is 1.36. The highest BCUT2D eigenvalue weighted by Crippen LogP contribution is 2.21. The van der Waals surface area contributed by atoms with Crippen molar-refractivity contribution in [1.29, 1.82) is 0 Å². The van der Waals surface area contributed by atoms with Crippen LogP contribution in [0.25, 0.3) is 0 Å². The van der Waals surface area contributed by atoms with Gasteiger partial charge in [0.25, 0.3) is 5.69 Å². The molecule has 0 N–H and O–H groups in total. The summed E-state index contributed by atoms with van der Waals surface area (Å²) in [5.74, 6) is -0.880. The lowest BCUT2D eigenvalue weighted by Gasteiger charge is -1.99. The van der Waals surface area contributed by atoms with Crippen LogP contribution in [0.5, 0.6) is 5.95 Å². The van der Waals surface area contributed by atoms with Crippen LogP contribution in [-0.4, -0.2) is 16.8 Å². The first kappa shape index (κ1) is 12.9. The Balaban J connectivity index is 2.03. The van der Waals surface area contributed by atoms with Gasteiger partial charge in [0.15, 0.2) is 13.0 Å². The third-order valence-corrected chi connectivity index (χ3v) is 3.47. The fourth-order valence-corrected chi connectivity index (χ4v) is 2.25. The van der Waals surface area contributed by atoms with Gasteiger partial charge in [0, 0.05) is 9.92 Å². The molecule has 0 saturated carbocycles. The molecule has 0 fully saturated rings. The molecule has 0 aliphatic heterocycles. The fraction of sp³-hybridized carbons (Fsp3) is 0.182. The van der Waals surface area contributed by atoms with Crippen LogP contribution in [0.15, 0.2) is 33.7 Å². The molecule has 1 heterocycles. The van der Waals surface area contributed by atoms with E-state index in [1.165, 1.54) is 18.8 Å². The van der Waals surface area contributed by atoms with Gasteiger partial charge in [-0.2, -0.15) is 0 Å². The van der Waals surface area contributed by atoms with E-state index in [1.54, 1.807) is 12.1 Å². The number of benzene rings is 1. The van der Waals surface area contributed by atoms with Crippen molar-refractivity contribution in [1.82, 2.24) is 5.27 Å². The van der Waals surface area contributed by atoms with Crippen molar-refractivity contribution < 1.29 is 19.1 Å². The van der Waals surface area contributed by atoms with Crippen molar-refractivity contribution in [3.63, 3.8) is 0 Å². The third-order valence-electron chi connectivity index (χ3n) is 2.21. The third kappa shape index (κ3) is 2.83. The van der Waals surface area contributed by atoms with Gasteiger partial charge < -0.3 is 9.63 Å². The number of nitrogens with zero attached hydrogens (tertiary/aromatic N) is 2. The predicted octanol–water partition coefficient (Wildman–Crippen LogP) is 1.20. The lowest BCUT2D eigenvalue weighted by molar-refractivity contribution is -0.741. The summed E-state index contributed by atoms with van der Waals surface area (Å²) in [6.07, 6.45) is 0. The van der Waals surface area contributed by atoms with Gasteiger partial charge in [0.2, 0.25) is 5.78 Å². The SMILES string of the molecule is C[n+]1noc([O-])c1C(=O)CSc1ccc(Cl)cc1. The maximum atomic E-state index is 11.8. The average Bonchev–Trinajstić information content (AvgIpc) is 2.68. The number of halogens is 1. The molecule has 7 heteroatoms. The number of carbonyl (C=O) groups is 1. The van der Waals surface area contributed by atoms with Gasteiger partial charge in [0.05, 0.1) is 11.0 Å². The summed E-state index contributed by atoms with van der Waals surface area (Å²) in [7, 11) is 1.49. The predicted molar refractivity (Wildman–Crippen MR) is 63.6 cm³/mol. The quantitative estimate of drug-likeness (QED) is 0.479. The summed E-state index contributed by atoms with van der Waals surface area (Å²) in [6.45, 7) is 0. The minimum Gasteiger partial charge on any atom is -0.539 e. The summed E-state index contributed by atoms with van der Waals surface area (Å²) in [4.78, 5) is 12.7. The van der Waals surface area contributed by atoms with Crippen LogP contribution >= 0.6 is 23.4 Å². The molecule has 94 valence electrons. The molecule has 0 bridgehead atoms. The van der Waals surface area contributed by atoms with E-state index in [-0.39, 0.29) is 17.2 Å². The maximum Gasteiger partial charge on any atom is 0.300 e. The normalized spacial score (nSPS) is 10.6. The summed E-state index contributed by atoms with van der Waals surface area (Å²) < 4.78 is 5.54. The van der Waals surface area contributed by atoms with Gasteiger partial charge in [-0.1, -0.05) is 16.3 Å². The van der Waals surface area contributed by atoms with Crippen molar-refractivity contribution in [2.75, 3.05) is 5.75 Å². The number of aryl methyl sites for hydroxylation is 1. The van der Waals surface area contributed by atoms with Gasteiger partial charge >= 0.3 is 0 Å². The Morgan fingerprint density at radius 2 is 2.17 bits per heavy atom. The zero-order valence-electron chi connectivity index (χ0n) is 9.42. The number of Topliss-reactive ketones (excluding diaryl/α,β-unsaturated/α-hetero) is 1. The van der Waals surface area contributed by atoms with E-state index >= 15 is 0 Å². The topological polar surface area (TPSA) is 70.0 Å². The molecule has 2 aromatic rings. The van der Waals surface area contributed by atoms with Crippen molar-refractivity contribution in [2.24, 2.45) is 7.05 Å². The average molecular weight is 285 g/mol. The molecule has 2 rings (SSSR count). The molecule has 1 aromatic heterocycles. The number of rotatable bonds is 4. The van der Waals surface area contributed by atoms with Crippen LogP contribution in [-0.2, 0) is 7.05 Å². The van der Waals surface area contributed by atoms with Crippen molar-refractivity contribution in [2.45, 2.75) is 4.90 Å². The number of aromatic nitrogens is 2. The van der Waals surface area contributed by atoms with Crippen molar-refractivity contribution in [3.8, 4) is 5.95 Å². The number of hydrogen-bond acceptors (Lipinski definition) is 5. The molecular weight excluding hydrogens is 276 g/mol. The van der Waals surface area contributed by atoms with Crippen LogP contribution in [0.3, 0.4) is 0 Å². The molecule has 18 heavy (non-hydrogen) atoms.